The van der Waals surface area contributed by atoms with Crippen LogP contribution in [0.15, 0.2) is 30.3 Å². The van der Waals surface area contributed by atoms with E-state index in [1.54, 1.807) is 10.8 Å². The van der Waals surface area contributed by atoms with E-state index in [4.69, 9.17) is 23.2 Å². The molecular weight excluding hydrogens is 387 g/mol. The molecule has 0 unspecified atom stereocenters. The Balaban J connectivity index is 1.61. The topological polar surface area (TPSA) is 76.0 Å². The Bertz CT molecular complexity index is 888. The summed E-state index contributed by atoms with van der Waals surface area (Å²) in [5.41, 5.74) is 2.25. The van der Waals surface area contributed by atoms with E-state index in [2.05, 4.69) is 15.7 Å². The van der Waals surface area contributed by atoms with Crippen LogP contribution >= 0.6 is 23.2 Å². The van der Waals surface area contributed by atoms with Crippen LogP contribution in [0.3, 0.4) is 0 Å². The van der Waals surface area contributed by atoms with Crippen molar-refractivity contribution < 1.29 is 9.59 Å². The minimum Gasteiger partial charge on any atom is -0.352 e. The van der Waals surface area contributed by atoms with Gasteiger partial charge in [0.2, 0.25) is 11.8 Å². The standard InChI is InChI=1S/C19H20Cl2N4O2/c1-12-15(8-9-17(26)22-10-18(27)23-14-6-7-14)19(21)25(24-12)11-13-4-2-3-5-16(13)20/h2-5,8-9,14H,6-7,10-11H2,1H3,(H,22,26)(H,23,27)/b9-8+. The van der Waals surface area contributed by atoms with Crippen molar-refractivity contribution in [2.45, 2.75) is 32.4 Å². The molecule has 142 valence electrons. The summed E-state index contributed by atoms with van der Waals surface area (Å²) in [6.45, 7) is 2.20. The second kappa shape index (κ2) is 8.59. The minimum absolute atomic E-state index is 0.0435. The highest BCUT2D eigenvalue weighted by molar-refractivity contribution is 6.32. The van der Waals surface area contributed by atoms with Crippen LogP contribution in [0.1, 0.15) is 29.7 Å². The summed E-state index contributed by atoms with van der Waals surface area (Å²) in [6.07, 6.45) is 4.97. The van der Waals surface area contributed by atoms with Gasteiger partial charge in [0.05, 0.1) is 18.8 Å². The van der Waals surface area contributed by atoms with E-state index >= 15 is 0 Å². The van der Waals surface area contributed by atoms with Crippen LogP contribution in [-0.2, 0) is 16.1 Å². The quantitative estimate of drug-likeness (QED) is 0.693. The van der Waals surface area contributed by atoms with Gasteiger partial charge in [0.25, 0.3) is 0 Å². The normalized spacial score (nSPS) is 13.7. The van der Waals surface area contributed by atoms with Crippen LogP contribution in [0.5, 0.6) is 0 Å². The summed E-state index contributed by atoms with van der Waals surface area (Å²) in [6, 6.07) is 7.75. The maximum absolute atomic E-state index is 11.9. The molecule has 1 heterocycles. The SMILES string of the molecule is Cc1nn(Cc2ccccc2Cl)c(Cl)c1/C=C/C(=O)NCC(=O)NC1CC1. The predicted octanol–water partition coefficient (Wildman–Crippen LogP) is 2.95. The summed E-state index contributed by atoms with van der Waals surface area (Å²) >= 11 is 12.6. The summed E-state index contributed by atoms with van der Waals surface area (Å²) in [4.78, 5) is 23.5. The number of aromatic nitrogens is 2. The molecule has 8 heteroatoms. The second-order valence-electron chi connectivity index (χ2n) is 6.43. The molecule has 0 atom stereocenters. The number of aryl methyl sites for hydroxylation is 1. The van der Waals surface area contributed by atoms with Crippen LogP contribution in [0.4, 0.5) is 0 Å². The molecule has 0 bridgehead atoms. The van der Waals surface area contributed by atoms with Crippen molar-refractivity contribution in [2.75, 3.05) is 6.54 Å². The first-order valence-electron chi connectivity index (χ1n) is 8.65. The number of carbonyl (C=O) groups is 2. The third kappa shape index (κ3) is 5.34. The van der Waals surface area contributed by atoms with Gasteiger partial charge in [-0.2, -0.15) is 5.10 Å². The Hall–Kier alpha value is -2.31. The molecule has 27 heavy (non-hydrogen) atoms. The first-order valence-corrected chi connectivity index (χ1v) is 9.41. The van der Waals surface area contributed by atoms with Crippen LogP contribution in [0.25, 0.3) is 6.08 Å². The van der Waals surface area contributed by atoms with Gasteiger partial charge < -0.3 is 10.6 Å². The third-order valence-corrected chi connectivity index (χ3v) is 4.92. The van der Waals surface area contributed by atoms with E-state index < -0.39 is 0 Å². The van der Waals surface area contributed by atoms with Crippen molar-refractivity contribution in [3.63, 3.8) is 0 Å². The smallest absolute Gasteiger partial charge is 0.244 e. The lowest BCUT2D eigenvalue weighted by Gasteiger charge is -2.05. The maximum atomic E-state index is 11.9. The van der Waals surface area contributed by atoms with E-state index in [9.17, 15) is 9.59 Å². The molecule has 3 rings (SSSR count). The fourth-order valence-electron chi connectivity index (χ4n) is 2.54. The van der Waals surface area contributed by atoms with Gasteiger partial charge in [0.1, 0.15) is 5.15 Å². The zero-order valence-electron chi connectivity index (χ0n) is 14.8. The molecule has 2 aromatic rings. The molecule has 0 spiro atoms. The van der Waals surface area contributed by atoms with Crippen molar-refractivity contribution in [1.29, 1.82) is 0 Å². The molecule has 1 aromatic carbocycles. The number of hydrogen-bond acceptors (Lipinski definition) is 3. The highest BCUT2D eigenvalue weighted by atomic mass is 35.5. The fraction of sp³-hybridized carbons (Fsp3) is 0.316. The van der Waals surface area contributed by atoms with Gasteiger partial charge in [-0.1, -0.05) is 41.4 Å². The van der Waals surface area contributed by atoms with E-state index in [-0.39, 0.29) is 24.4 Å². The number of hydrogen-bond donors (Lipinski definition) is 2. The largest absolute Gasteiger partial charge is 0.352 e. The zero-order valence-corrected chi connectivity index (χ0v) is 16.3. The van der Waals surface area contributed by atoms with E-state index in [1.807, 2.05) is 31.2 Å². The molecule has 0 saturated heterocycles. The van der Waals surface area contributed by atoms with Crippen molar-refractivity contribution in [3.05, 3.63) is 57.3 Å². The van der Waals surface area contributed by atoms with E-state index in [0.717, 1.165) is 18.4 Å². The number of nitrogens with one attached hydrogen (secondary N) is 2. The summed E-state index contributed by atoms with van der Waals surface area (Å²) in [5.74, 6) is -0.545. The molecule has 1 aliphatic rings. The van der Waals surface area contributed by atoms with Crippen LogP contribution in [0, 0.1) is 6.92 Å². The number of rotatable bonds is 7. The number of nitrogens with zero attached hydrogens (tertiary/aromatic N) is 2. The second-order valence-corrected chi connectivity index (χ2v) is 7.20. The molecule has 0 radical (unpaired) electrons. The van der Waals surface area contributed by atoms with Crippen LogP contribution in [-0.4, -0.2) is 34.2 Å². The highest BCUT2D eigenvalue weighted by Gasteiger charge is 2.23. The number of halogens is 2. The lowest BCUT2D eigenvalue weighted by atomic mass is 10.2. The van der Waals surface area contributed by atoms with Crippen molar-refractivity contribution in [2.24, 2.45) is 0 Å². The van der Waals surface area contributed by atoms with Gasteiger partial charge >= 0.3 is 0 Å². The molecule has 6 nitrogen and oxygen atoms in total. The van der Waals surface area contributed by atoms with E-state index in [0.29, 0.717) is 28.0 Å². The van der Waals surface area contributed by atoms with Crippen molar-refractivity contribution in [1.82, 2.24) is 20.4 Å². The third-order valence-electron chi connectivity index (χ3n) is 4.15. The fourth-order valence-corrected chi connectivity index (χ4v) is 3.03. The Morgan fingerprint density at radius 3 is 2.74 bits per heavy atom. The first-order chi connectivity index (χ1) is 12.9. The van der Waals surface area contributed by atoms with Gasteiger partial charge in [0.15, 0.2) is 0 Å². The summed E-state index contributed by atoms with van der Waals surface area (Å²) in [7, 11) is 0. The lowest BCUT2D eigenvalue weighted by Crippen LogP contribution is -2.37. The Morgan fingerprint density at radius 2 is 2.04 bits per heavy atom. The maximum Gasteiger partial charge on any atom is 0.244 e. The summed E-state index contributed by atoms with van der Waals surface area (Å²) < 4.78 is 1.64. The molecule has 0 aliphatic heterocycles. The van der Waals surface area contributed by atoms with Gasteiger partial charge in [-0.3, -0.25) is 9.59 Å². The Labute approximate surface area is 167 Å². The van der Waals surface area contributed by atoms with Gasteiger partial charge in [-0.05, 0) is 37.5 Å². The van der Waals surface area contributed by atoms with Crippen LogP contribution < -0.4 is 10.6 Å². The Kier molecular flexibility index (Phi) is 6.19. The van der Waals surface area contributed by atoms with Gasteiger partial charge in [-0.15, -0.1) is 0 Å². The number of carbonyl (C=O) groups excluding carboxylic acids is 2. The summed E-state index contributed by atoms with van der Waals surface area (Å²) in [5, 5.41) is 10.8. The molecule has 2 N–H and O–H groups in total. The minimum atomic E-state index is -0.365. The lowest BCUT2D eigenvalue weighted by molar-refractivity contribution is -0.124. The number of benzene rings is 1. The van der Waals surface area contributed by atoms with Crippen molar-refractivity contribution in [3.8, 4) is 0 Å². The average molecular weight is 407 g/mol. The molecule has 1 aromatic heterocycles. The predicted molar refractivity (Wildman–Crippen MR) is 106 cm³/mol. The molecule has 2 amide bonds. The van der Waals surface area contributed by atoms with Gasteiger partial charge in [0, 0.05) is 22.7 Å². The van der Waals surface area contributed by atoms with Crippen molar-refractivity contribution >= 4 is 41.1 Å². The molecule has 1 saturated carbocycles. The molecular formula is C19H20Cl2N4O2. The monoisotopic (exact) mass is 406 g/mol. The first kappa shape index (κ1) is 19.5. The Morgan fingerprint density at radius 1 is 1.30 bits per heavy atom. The average Bonchev–Trinajstić information content (AvgIpc) is 3.40. The van der Waals surface area contributed by atoms with Gasteiger partial charge in [-0.25, -0.2) is 4.68 Å². The molecule has 1 fully saturated rings. The van der Waals surface area contributed by atoms with Crippen LogP contribution in [0.2, 0.25) is 10.2 Å². The highest BCUT2D eigenvalue weighted by Crippen LogP contribution is 2.24. The zero-order chi connectivity index (χ0) is 19.4. The molecule has 1 aliphatic carbocycles. The van der Waals surface area contributed by atoms with E-state index in [1.165, 1.54) is 6.08 Å². The number of amides is 2.